The summed E-state index contributed by atoms with van der Waals surface area (Å²) in [6, 6.07) is 0. The number of allylic oxidation sites excluding steroid dienone is 22. The maximum absolute atomic E-state index is 12.9. The summed E-state index contributed by atoms with van der Waals surface area (Å²) < 4.78 is 16.8. The van der Waals surface area contributed by atoms with Crippen molar-refractivity contribution in [1.29, 1.82) is 0 Å². The Kier molecular flexibility index (Phi) is 61.4. The van der Waals surface area contributed by atoms with Crippen LogP contribution in [0.4, 0.5) is 0 Å². The van der Waals surface area contributed by atoms with Gasteiger partial charge in [-0.05, 0) is 122 Å². The first-order valence-electron chi connectivity index (χ1n) is 32.2. The molecule has 78 heavy (non-hydrogen) atoms. The molecule has 0 heterocycles. The summed E-state index contributed by atoms with van der Waals surface area (Å²) in [7, 11) is 0. The van der Waals surface area contributed by atoms with Gasteiger partial charge in [-0.3, -0.25) is 14.4 Å². The van der Waals surface area contributed by atoms with Crippen molar-refractivity contribution in [3.05, 3.63) is 134 Å². The van der Waals surface area contributed by atoms with Gasteiger partial charge in [0, 0.05) is 19.3 Å². The van der Waals surface area contributed by atoms with E-state index in [1.165, 1.54) is 96.3 Å². The van der Waals surface area contributed by atoms with Crippen LogP contribution in [0.3, 0.4) is 0 Å². The monoisotopic (exact) mass is 1080 g/mol. The highest BCUT2D eigenvalue weighted by atomic mass is 16.6. The summed E-state index contributed by atoms with van der Waals surface area (Å²) in [4.78, 5) is 38.2. The van der Waals surface area contributed by atoms with Crippen LogP contribution < -0.4 is 0 Å². The van der Waals surface area contributed by atoms with Crippen LogP contribution in [-0.4, -0.2) is 37.2 Å². The van der Waals surface area contributed by atoms with Crippen LogP contribution in [0, 0.1) is 0 Å². The lowest BCUT2D eigenvalue weighted by Crippen LogP contribution is -2.30. The first kappa shape index (κ1) is 73.5. The van der Waals surface area contributed by atoms with Crippen molar-refractivity contribution in [2.75, 3.05) is 13.2 Å². The first-order valence-corrected chi connectivity index (χ1v) is 32.2. The molecule has 0 aromatic rings. The number of unbranched alkanes of at least 4 members (excludes halogenated alkanes) is 24. The second-order valence-electron chi connectivity index (χ2n) is 20.9. The van der Waals surface area contributed by atoms with Crippen molar-refractivity contribution in [2.24, 2.45) is 0 Å². The van der Waals surface area contributed by atoms with Gasteiger partial charge in [-0.15, -0.1) is 0 Å². The number of rotatable bonds is 57. The van der Waals surface area contributed by atoms with Gasteiger partial charge in [0.05, 0.1) is 0 Å². The van der Waals surface area contributed by atoms with Gasteiger partial charge in [-0.1, -0.05) is 276 Å². The average molecular weight is 1080 g/mol. The van der Waals surface area contributed by atoms with Crippen molar-refractivity contribution in [3.8, 4) is 0 Å². The minimum atomic E-state index is -0.792. The van der Waals surface area contributed by atoms with E-state index in [1.807, 2.05) is 0 Å². The number of carbonyl (C=O) groups is 3. The van der Waals surface area contributed by atoms with Crippen LogP contribution in [0.1, 0.15) is 284 Å². The van der Waals surface area contributed by atoms with E-state index in [4.69, 9.17) is 14.2 Å². The van der Waals surface area contributed by atoms with Crippen LogP contribution in [-0.2, 0) is 28.6 Å². The van der Waals surface area contributed by atoms with E-state index in [0.29, 0.717) is 19.3 Å². The summed E-state index contributed by atoms with van der Waals surface area (Å²) >= 11 is 0. The normalized spacial score (nSPS) is 13.0. The summed E-state index contributed by atoms with van der Waals surface area (Å²) in [6.07, 6.45) is 91.8. The van der Waals surface area contributed by atoms with Gasteiger partial charge in [0.15, 0.2) is 6.10 Å². The van der Waals surface area contributed by atoms with Gasteiger partial charge in [-0.2, -0.15) is 0 Å². The molecule has 6 nitrogen and oxygen atoms in total. The smallest absolute Gasteiger partial charge is 0.306 e. The molecular weight excluding hydrogens is 961 g/mol. The average Bonchev–Trinajstić information content (AvgIpc) is 3.44. The maximum Gasteiger partial charge on any atom is 0.306 e. The van der Waals surface area contributed by atoms with E-state index in [9.17, 15) is 14.4 Å². The molecule has 0 bridgehead atoms. The molecule has 0 amide bonds. The predicted molar refractivity (Wildman–Crippen MR) is 339 cm³/mol. The molecule has 0 N–H and O–H groups in total. The Labute approximate surface area is 481 Å². The fraction of sp³-hybridized carbons (Fsp3) is 0.653. The lowest BCUT2D eigenvalue weighted by Gasteiger charge is -2.18. The summed E-state index contributed by atoms with van der Waals surface area (Å²) in [5.74, 6) is -0.918. The third kappa shape index (κ3) is 62.4. The zero-order valence-corrected chi connectivity index (χ0v) is 50.6. The number of hydrogen-bond donors (Lipinski definition) is 0. The molecule has 0 aromatic heterocycles. The molecule has 0 aromatic carbocycles. The lowest BCUT2D eigenvalue weighted by atomic mass is 10.1. The van der Waals surface area contributed by atoms with Crippen molar-refractivity contribution in [3.63, 3.8) is 0 Å². The van der Waals surface area contributed by atoms with E-state index in [-0.39, 0.29) is 31.1 Å². The zero-order valence-electron chi connectivity index (χ0n) is 50.6. The Bertz CT molecular complexity index is 1670. The van der Waals surface area contributed by atoms with Gasteiger partial charge in [0.1, 0.15) is 13.2 Å². The van der Waals surface area contributed by atoms with Gasteiger partial charge in [0.25, 0.3) is 0 Å². The van der Waals surface area contributed by atoms with Gasteiger partial charge >= 0.3 is 17.9 Å². The van der Waals surface area contributed by atoms with Crippen LogP contribution in [0.5, 0.6) is 0 Å². The van der Waals surface area contributed by atoms with E-state index >= 15 is 0 Å². The molecule has 1 unspecified atom stereocenters. The molecule has 0 aliphatic heterocycles. The number of esters is 3. The standard InChI is InChI=1S/C72H118O6/c1-4-7-10-13-16-19-21-23-25-27-29-30-31-32-33-34-35-36-37-38-39-40-41-42-43-45-46-48-50-53-56-59-62-65-71(74)77-68-69(67-76-70(73)64-61-58-55-52-18-15-12-9-6-3)78-72(75)66-63-60-57-54-51-49-47-44-28-26-24-22-20-17-14-11-8-5-2/h7,10,16,19-20,22-23,25-26,28-30,32-33,35-36,38-39,41-42,45-46,69H,4-6,8-9,11-15,17-18,21,24,27,31,34,37,40,43-44,47-68H2,1-3H3/b10-7-,19-16-,22-20-,25-23-,28-26-,30-29-,33-32-,36-35-,39-38-,42-41-,46-45-. The number of ether oxygens (including phenoxy) is 3. The molecule has 442 valence electrons. The highest BCUT2D eigenvalue weighted by molar-refractivity contribution is 5.71. The Morgan fingerprint density at radius 1 is 0.269 bits per heavy atom. The molecule has 0 rings (SSSR count). The van der Waals surface area contributed by atoms with Gasteiger partial charge in [0.2, 0.25) is 0 Å². The van der Waals surface area contributed by atoms with Crippen LogP contribution in [0.15, 0.2) is 134 Å². The minimum absolute atomic E-state index is 0.0886. The topological polar surface area (TPSA) is 78.9 Å². The Morgan fingerprint density at radius 3 is 0.795 bits per heavy atom. The Hall–Kier alpha value is -4.45. The molecule has 0 saturated heterocycles. The van der Waals surface area contributed by atoms with Crippen LogP contribution in [0.2, 0.25) is 0 Å². The van der Waals surface area contributed by atoms with E-state index in [2.05, 4.69) is 154 Å². The summed E-state index contributed by atoms with van der Waals surface area (Å²) in [5, 5.41) is 0. The maximum atomic E-state index is 12.9. The molecule has 0 saturated carbocycles. The third-order valence-electron chi connectivity index (χ3n) is 13.4. The largest absolute Gasteiger partial charge is 0.462 e. The van der Waals surface area contributed by atoms with Crippen molar-refractivity contribution in [2.45, 2.75) is 290 Å². The number of hydrogen-bond acceptors (Lipinski definition) is 6. The quantitative estimate of drug-likeness (QED) is 0.0261. The minimum Gasteiger partial charge on any atom is -0.462 e. The predicted octanol–water partition coefficient (Wildman–Crippen LogP) is 22.2. The van der Waals surface area contributed by atoms with Crippen molar-refractivity contribution < 1.29 is 28.6 Å². The van der Waals surface area contributed by atoms with E-state index in [0.717, 1.165) is 148 Å². The van der Waals surface area contributed by atoms with Gasteiger partial charge < -0.3 is 14.2 Å². The molecule has 0 radical (unpaired) electrons. The SMILES string of the molecule is CC/C=C\C/C=C\C/C=C\C/C=C\C/C=C\C/C=C\C/C=C\C/C=C\C/C=C\CCCCCCCC(=O)OCC(COC(=O)CCCCCCCCCCC)OC(=O)CCCCCCCCC/C=C\C/C=C\CCCCCC. The Balaban J connectivity index is 4.27. The van der Waals surface area contributed by atoms with Crippen LogP contribution in [0.25, 0.3) is 0 Å². The molecule has 0 spiro atoms. The van der Waals surface area contributed by atoms with Crippen LogP contribution >= 0.6 is 0 Å². The highest BCUT2D eigenvalue weighted by Crippen LogP contribution is 2.15. The summed E-state index contributed by atoms with van der Waals surface area (Å²) in [5.41, 5.74) is 0. The molecule has 1 atom stereocenters. The fourth-order valence-electron chi connectivity index (χ4n) is 8.58. The first-order chi connectivity index (χ1) is 38.5. The van der Waals surface area contributed by atoms with Crippen molar-refractivity contribution >= 4 is 17.9 Å². The molecule has 6 heteroatoms. The molecule has 0 aliphatic rings. The Morgan fingerprint density at radius 2 is 0.500 bits per heavy atom. The second kappa shape index (κ2) is 65.1. The molecule has 0 fully saturated rings. The number of carbonyl (C=O) groups excluding carboxylic acids is 3. The highest BCUT2D eigenvalue weighted by Gasteiger charge is 2.19. The molecule has 0 aliphatic carbocycles. The summed E-state index contributed by atoms with van der Waals surface area (Å²) in [6.45, 7) is 6.47. The third-order valence-corrected chi connectivity index (χ3v) is 13.4. The van der Waals surface area contributed by atoms with Gasteiger partial charge in [-0.25, -0.2) is 0 Å². The van der Waals surface area contributed by atoms with Crippen molar-refractivity contribution in [1.82, 2.24) is 0 Å². The lowest BCUT2D eigenvalue weighted by molar-refractivity contribution is -0.167. The fourth-order valence-corrected chi connectivity index (χ4v) is 8.58. The van der Waals surface area contributed by atoms with E-state index in [1.54, 1.807) is 0 Å². The molecular formula is C72H118O6. The van der Waals surface area contributed by atoms with E-state index < -0.39 is 6.10 Å². The second-order valence-corrected chi connectivity index (χ2v) is 20.9. The zero-order chi connectivity index (χ0) is 56.4.